The molecule has 2 aromatic rings. The molecule has 0 unspecified atom stereocenters. The summed E-state index contributed by atoms with van der Waals surface area (Å²) in [7, 11) is 0. The Bertz CT molecular complexity index is 647. The first-order valence-corrected chi connectivity index (χ1v) is 6.61. The average molecular weight is 312 g/mol. The van der Waals surface area contributed by atoms with Crippen LogP contribution in [-0.2, 0) is 11.3 Å². The Morgan fingerprint density at radius 3 is 2.85 bits per heavy atom. The zero-order chi connectivity index (χ0) is 13.4. The van der Waals surface area contributed by atoms with E-state index in [1.807, 2.05) is 24.3 Å². The number of carbonyl (C=O) groups excluding carboxylic acids is 1. The van der Waals surface area contributed by atoms with Crippen molar-refractivity contribution in [2.45, 2.75) is 19.0 Å². The molecular formula is C14H15Cl2N3O. The van der Waals surface area contributed by atoms with Crippen molar-refractivity contribution in [2.24, 2.45) is 5.73 Å². The maximum Gasteiger partial charge on any atom is 0.239 e. The van der Waals surface area contributed by atoms with E-state index < -0.39 is 0 Å². The number of amides is 1. The molecule has 0 bridgehead atoms. The van der Waals surface area contributed by atoms with Gasteiger partial charge in [-0.05, 0) is 36.2 Å². The zero-order valence-corrected chi connectivity index (χ0v) is 12.3. The van der Waals surface area contributed by atoms with Crippen LogP contribution in [0, 0.1) is 0 Å². The van der Waals surface area contributed by atoms with E-state index >= 15 is 0 Å². The number of hydrogen-bond acceptors (Lipinski definition) is 3. The van der Waals surface area contributed by atoms with Gasteiger partial charge >= 0.3 is 0 Å². The van der Waals surface area contributed by atoms with Gasteiger partial charge in [-0.1, -0.05) is 17.7 Å². The molecule has 1 aliphatic heterocycles. The average Bonchev–Trinajstić information content (AvgIpc) is 2.71. The van der Waals surface area contributed by atoms with Crippen LogP contribution < -0.4 is 5.73 Å². The van der Waals surface area contributed by atoms with Crippen LogP contribution in [0.4, 0.5) is 0 Å². The molecular weight excluding hydrogens is 297 g/mol. The van der Waals surface area contributed by atoms with E-state index in [9.17, 15) is 4.79 Å². The largest absolute Gasteiger partial charge is 0.337 e. The van der Waals surface area contributed by atoms with Crippen molar-refractivity contribution in [3.63, 3.8) is 0 Å². The van der Waals surface area contributed by atoms with E-state index in [-0.39, 0.29) is 24.4 Å². The maximum atomic E-state index is 11.8. The van der Waals surface area contributed by atoms with Gasteiger partial charge in [-0.25, -0.2) is 4.98 Å². The van der Waals surface area contributed by atoms with Crippen molar-refractivity contribution in [1.29, 1.82) is 0 Å². The van der Waals surface area contributed by atoms with Gasteiger partial charge in [0, 0.05) is 18.5 Å². The number of halogens is 2. The molecule has 20 heavy (non-hydrogen) atoms. The number of likely N-dealkylation sites (tertiary alicyclic amines) is 1. The van der Waals surface area contributed by atoms with E-state index in [0.717, 1.165) is 29.4 Å². The second kappa shape index (κ2) is 5.95. The lowest BCUT2D eigenvalue weighted by molar-refractivity contribution is -0.129. The normalized spacial score (nSPS) is 18.4. The Hall–Kier alpha value is -1.36. The van der Waals surface area contributed by atoms with Gasteiger partial charge in [0.1, 0.15) is 5.15 Å². The van der Waals surface area contributed by atoms with Crippen LogP contribution in [-0.4, -0.2) is 28.4 Å². The van der Waals surface area contributed by atoms with Crippen LogP contribution >= 0.6 is 24.0 Å². The highest BCUT2D eigenvalue weighted by Gasteiger charge is 2.28. The van der Waals surface area contributed by atoms with Crippen molar-refractivity contribution in [1.82, 2.24) is 9.88 Å². The van der Waals surface area contributed by atoms with Gasteiger partial charge in [0.2, 0.25) is 5.91 Å². The van der Waals surface area contributed by atoms with Gasteiger partial charge in [-0.2, -0.15) is 0 Å². The van der Waals surface area contributed by atoms with E-state index in [4.69, 9.17) is 17.3 Å². The first-order chi connectivity index (χ1) is 9.13. The Morgan fingerprint density at radius 1 is 1.35 bits per heavy atom. The fraction of sp³-hybridized carbons (Fsp3) is 0.286. The Labute approximate surface area is 128 Å². The summed E-state index contributed by atoms with van der Waals surface area (Å²) in [6.45, 7) is 1.34. The highest BCUT2D eigenvalue weighted by Crippen LogP contribution is 2.19. The minimum absolute atomic E-state index is 0. The molecule has 3 rings (SSSR count). The van der Waals surface area contributed by atoms with Crippen molar-refractivity contribution in [2.75, 3.05) is 6.54 Å². The fourth-order valence-corrected chi connectivity index (χ4v) is 2.54. The molecule has 6 heteroatoms. The fourth-order valence-electron chi connectivity index (χ4n) is 2.39. The van der Waals surface area contributed by atoms with E-state index in [1.54, 1.807) is 11.0 Å². The predicted octanol–water partition coefficient (Wildman–Crippen LogP) is 2.37. The monoisotopic (exact) mass is 311 g/mol. The lowest BCUT2D eigenvalue weighted by Gasteiger charge is -2.16. The predicted molar refractivity (Wildman–Crippen MR) is 82.0 cm³/mol. The maximum absolute atomic E-state index is 11.8. The highest BCUT2D eigenvalue weighted by molar-refractivity contribution is 6.29. The minimum Gasteiger partial charge on any atom is -0.337 e. The third-order valence-electron chi connectivity index (χ3n) is 3.43. The summed E-state index contributed by atoms with van der Waals surface area (Å²) in [6.07, 6.45) is 0.740. The molecule has 1 amide bonds. The summed E-state index contributed by atoms with van der Waals surface area (Å²) >= 11 is 5.85. The third-order valence-corrected chi connectivity index (χ3v) is 3.64. The molecule has 1 aromatic heterocycles. The van der Waals surface area contributed by atoms with E-state index in [1.165, 1.54) is 0 Å². The van der Waals surface area contributed by atoms with Gasteiger partial charge in [-0.15, -0.1) is 12.4 Å². The van der Waals surface area contributed by atoms with Crippen LogP contribution in [0.3, 0.4) is 0 Å². The van der Waals surface area contributed by atoms with Gasteiger partial charge in [0.15, 0.2) is 0 Å². The molecule has 1 fully saturated rings. The molecule has 106 valence electrons. The molecule has 1 saturated heterocycles. The first-order valence-electron chi connectivity index (χ1n) is 6.23. The second-order valence-electron chi connectivity index (χ2n) is 4.82. The Kier molecular flexibility index (Phi) is 4.48. The number of fused-ring (bicyclic) bond motifs is 1. The summed E-state index contributed by atoms with van der Waals surface area (Å²) in [5.41, 5.74) is 7.66. The van der Waals surface area contributed by atoms with E-state index in [2.05, 4.69) is 4.98 Å². The van der Waals surface area contributed by atoms with Gasteiger partial charge in [0.25, 0.3) is 0 Å². The molecule has 1 aromatic carbocycles. The Morgan fingerprint density at radius 2 is 2.15 bits per heavy atom. The molecule has 0 spiro atoms. The van der Waals surface area contributed by atoms with E-state index in [0.29, 0.717) is 11.7 Å². The van der Waals surface area contributed by atoms with Gasteiger partial charge < -0.3 is 10.6 Å². The quantitative estimate of drug-likeness (QED) is 0.866. The number of benzene rings is 1. The summed E-state index contributed by atoms with van der Waals surface area (Å²) in [6, 6.07) is 9.31. The number of hydrogen-bond donors (Lipinski definition) is 1. The molecule has 0 saturated carbocycles. The van der Waals surface area contributed by atoms with Crippen LogP contribution in [0.5, 0.6) is 0 Å². The van der Waals surface area contributed by atoms with Gasteiger partial charge in [-0.3, -0.25) is 4.79 Å². The van der Waals surface area contributed by atoms with Crippen LogP contribution in [0.1, 0.15) is 12.0 Å². The third kappa shape index (κ3) is 2.87. The van der Waals surface area contributed by atoms with Crippen LogP contribution in [0.25, 0.3) is 10.9 Å². The molecule has 1 atom stereocenters. The molecule has 0 aliphatic carbocycles. The SMILES string of the molecule is Cl.N[C@H]1CCN(Cc2ccc3nc(Cl)ccc3c2)C1=O. The zero-order valence-electron chi connectivity index (χ0n) is 10.8. The lowest BCUT2D eigenvalue weighted by Crippen LogP contribution is -2.33. The molecule has 2 heterocycles. The van der Waals surface area contributed by atoms with Crippen LogP contribution in [0.15, 0.2) is 30.3 Å². The molecule has 2 N–H and O–H groups in total. The summed E-state index contributed by atoms with van der Waals surface area (Å²) in [5.74, 6) is 0.0364. The number of nitrogens with zero attached hydrogens (tertiary/aromatic N) is 2. The number of rotatable bonds is 2. The molecule has 0 radical (unpaired) electrons. The topological polar surface area (TPSA) is 59.2 Å². The second-order valence-corrected chi connectivity index (χ2v) is 5.20. The molecule has 1 aliphatic rings. The van der Waals surface area contributed by atoms with Gasteiger partial charge in [0.05, 0.1) is 11.6 Å². The minimum atomic E-state index is -0.332. The summed E-state index contributed by atoms with van der Waals surface area (Å²) in [5, 5.41) is 1.51. The van der Waals surface area contributed by atoms with Crippen molar-refractivity contribution in [3.8, 4) is 0 Å². The van der Waals surface area contributed by atoms with Crippen molar-refractivity contribution in [3.05, 3.63) is 41.0 Å². The highest BCUT2D eigenvalue weighted by atomic mass is 35.5. The Balaban J connectivity index is 0.00000147. The lowest BCUT2D eigenvalue weighted by atomic mass is 10.1. The molecule has 4 nitrogen and oxygen atoms in total. The van der Waals surface area contributed by atoms with Crippen LogP contribution in [0.2, 0.25) is 5.15 Å². The number of pyridine rings is 1. The summed E-state index contributed by atoms with van der Waals surface area (Å²) < 4.78 is 0. The summed E-state index contributed by atoms with van der Waals surface area (Å²) in [4.78, 5) is 17.8. The first kappa shape index (κ1) is 15.0. The van der Waals surface area contributed by atoms with Crippen molar-refractivity contribution < 1.29 is 4.79 Å². The number of aromatic nitrogens is 1. The number of carbonyl (C=O) groups is 1. The number of nitrogens with two attached hydrogens (primary N) is 1. The van der Waals surface area contributed by atoms with Crippen molar-refractivity contribution >= 4 is 40.8 Å². The smallest absolute Gasteiger partial charge is 0.239 e. The standard InChI is InChI=1S/C14H14ClN3O.ClH/c15-13-4-2-10-7-9(1-3-12(10)17-13)8-18-6-5-11(16)14(18)19;/h1-4,7,11H,5-6,8,16H2;1H/t11-;/m0./s1.